The lowest BCUT2D eigenvalue weighted by Crippen LogP contribution is -2.23. The summed E-state index contributed by atoms with van der Waals surface area (Å²) in [6.07, 6.45) is 1.48. The van der Waals surface area contributed by atoms with Gasteiger partial charge in [-0.2, -0.15) is 58.8 Å². The number of benzene rings is 5. The molecule has 6 aromatic rings. The summed E-state index contributed by atoms with van der Waals surface area (Å²) in [7, 11) is -17.4. The number of hydrogen-bond donors (Lipinski definition) is 9. The van der Waals surface area contributed by atoms with E-state index in [-0.39, 0.29) is 74.3 Å². The molecule has 1 heterocycles. The van der Waals surface area contributed by atoms with E-state index in [4.69, 9.17) is 9.47 Å². The van der Waals surface area contributed by atoms with E-state index in [1.165, 1.54) is 74.9 Å². The number of ether oxygens (including phenoxy) is 2. The number of methoxy groups -OCH3 is 2. The molecule has 0 atom stereocenters. The van der Waals surface area contributed by atoms with Gasteiger partial charge in [0, 0.05) is 51.4 Å². The molecule has 0 saturated heterocycles. The summed E-state index contributed by atoms with van der Waals surface area (Å²) >= 11 is 0. The highest BCUT2D eigenvalue weighted by Crippen LogP contribution is 2.36. The van der Waals surface area contributed by atoms with Crippen LogP contribution in [0.3, 0.4) is 0 Å². The third-order valence-corrected chi connectivity index (χ3v) is 13.9. The maximum absolute atomic E-state index is 13.7. The Labute approximate surface area is 413 Å². The van der Waals surface area contributed by atoms with Gasteiger partial charge in [-0.15, -0.1) is 0 Å². The normalized spacial score (nSPS) is 14.9. The zero-order valence-electron chi connectivity index (χ0n) is 37.0. The number of hydrazone groups is 2. The van der Waals surface area contributed by atoms with Crippen LogP contribution in [-0.4, -0.2) is 104 Å². The molecule has 8 rings (SSSR count). The summed E-state index contributed by atoms with van der Waals surface area (Å²) in [5.41, 5.74) is 2.36. The number of nitrogens with zero attached hydrogens (tertiary/aromatic N) is 5. The van der Waals surface area contributed by atoms with Gasteiger partial charge >= 0.3 is 0 Å². The van der Waals surface area contributed by atoms with Gasteiger partial charge in [0.05, 0.1) is 25.6 Å². The number of anilines is 8. The molecule has 30 heteroatoms. The van der Waals surface area contributed by atoms with E-state index < -0.39 is 83.1 Å². The summed E-state index contributed by atoms with van der Waals surface area (Å²) in [4.78, 5) is 37.6. The van der Waals surface area contributed by atoms with Crippen LogP contribution in [0.25, 0.3) is 9.81 Å². The highest BCUT2D eigenvalue weighted by Gasteiger charge is 2.33. The molecule has 5 aromatic carbocycles. The van der Waals surface area contributed by atoms with E-state index in [2.05, 4.69) is 52.0 Å². The molecule has 26 nitrogen and oxygen atoms in total. The van der Waals surface area contributed by atoms with E-state index in [0.29, 0.717) is 5.69 Å². The predicted octanol–water partition coefficient (Wildman–Crippen LogP) is 5.40. The summed E-state index contributed by atoms with van der Waals surface area (Å²) < 4.78 is 150. The fourth-order valence-electron chi connectivity index (χ4n) is 7.02. The van der Waals surface area contributed by atoms with Crippen molar-refractivity contribution in [1.82, 2.24) is 15.0 Å². The molecule has 2 aliphatic rings. The molecule has 1 aromatic heterocycles. The van der Waals surface area contributed by atoms with Gasteiger partial charge in [0.25, 0.3) is 40.5 Å². The molecule has 0 aliphatic heterocycles. The standard InChI is InChI=1S/C43H34N10O16S4/c1-68-25-10-14-31(37(18-25)72(62,63)64)50-52-33-20-35(70(56,57)58)29-16-23(8-12-27(29)39(33)54)45-42-47-41(44-22-6-4-3-5-7-22)48-43(49-42)46-24-9-13-28-30(17-24)36(71(59,60)61)21-34(40(28)55)53-51-32-15-11-26(69-2)19-38(32)73(65,66)67/h3-21,50-51H,1-2H3,(H,56,57,58)(H,59,60,61)(H,62,63,64)(H,65,66,67)(H3,44,45,46,47,48,49). The monoisotopic (exact) mass is 1070 g/mol. The van der Waals surface area contributed by atoms with Crippen LogP contribution in [0.4, 0.5) is 46.3 Å². The Balaban J connectivity index is 1.11. The number of aromatic nitrogens is 3. The average Bonchev–Trinajstić information content (AvgIpc) is 3.32. The summed E-state index contributed by atoms with van der Waals surface area (Å²) in [6.45, 7) is 0. The number of Topliss-reactive ketones (excluding diaryl/α,β-unsaturated/α-hetero) is 2. The van der Waals surface area contributed by atoms with Gasteiger partial charge in [0.2, 0.25) is 29.4 Å². The maximum Gasteiger partial charge on any atom is 0.296 e. The number of rotatable bonds is 16. The minimum Gasteiger partial charge on any atom is -0.497 e. The van der Waals surface area contributed by atoms with Gasteiger partial charge in [0.15, 0.2) is 0 Å². The molecule has 0 spiro atoms. The number of nitrogens with one attached hydrogen (secondary N) is 5. The Morgan fingerprint density at radius 2 is 0.836 bits per heavy atom. The SMILES string of the molecule is COc1ccc(NN=C2C=C(S(=O)(=O)O)c3cc(Nc4nc(Nc5ccccc5)nc(Nc5ccc6c(c5)C(S(=O)(=O)O)=CC(=NNc5ccc(OC)cc5S(=O)(=O)O)C6=O)n4)ccc3C2=O)c(S(=O)(=O)O)c1. The van der Waals surface area contributed by atoms with Gasteiger partial charge in [-0.25, -0.2) is 0 Å². The van der Waals surface area contributed by atoms with Crippen LogP contribution in [0, 0.1) is 0 Å². The quantitative estimate of drug-likeness (QED) is 0.0432. The third kappa shape index (κ3) is 11.3. The van der Waals surface area contributed by atoms with Gasteiger partial charge in [0.1, 0.15) is 42.5 Å². The molecule has 73 heavy (non-hydrogen) atoms. The number of para-hydroxylation sites is 1. The van der Waals surface area contributed by atoms with E-state index in [1.54, 1.807) is 30.3 Å². The molecule has 0 saturated carbocycles. The van der Waals surface area contributed by atoms with Crippen molar-refractivity contribution in [3.8, 4) is 11.5 Å². The number of allylic oxidation sites excluding steroid dienone is 2. The minimum atomic E-state index is -5.10. The molecule has 2 aliphatic carbocycles. The Bertz CT molecular complexity index is 3680. The van der Waals surface area contributed by atoms with E-state index >= 15 is 0 Å². The van der Waals surface area contributed by atoms with Crippen LogP contribution in [0.5, 0.6) is 11.5 Å². The van der Waals surface area contributed by atoms with Crippen LogP contribution < -0.4 is 36.3 Å². The van der Waals surface area contributed by atoms with Crippen molar-refractivity contribution in [2.24, 2.45) is 10.2 Å². The van der Waals surface area contributed by atoms with Crippen LogP contribution in [0.2, 0.25) is 0 Å². The topological polar surface area (TPSA) is 394 Å². The highest BCUT2D eigenvalue weighted by molar-refractivity contribution is 7.95. The van der Waals surface area contributed by atoms with Crippen molar-refractivity contribution < 1.29 is 70.9 Å². The lowest BCUT2D eigenvalue weighted by Gasteiger charge is -2.19. The molecule has 0 amide bonds. The van der Waals surface area contributed by atoms with Crippen molar-refractivity contribution in [3.63, 3.8) is 0 Å². The second-order valence-corrected chi connectivity index (χ2v) is 20.6. The number of hydrogen-bond acceptors (Lipinski definition) is 22. The lowest BCUT2D eigenvalue weighted by molar-refractivity contribution is 0.105. The summed E-state index contributed by atoms with van der Waals surface area (Å²) in [6, 6.07) is 22.9. The predicted molar refractivity (Wildman–Crippen MR) is 264 cm³/mol. The highest BCUT2D eigenvalue weighted by atomic mass is 32.2. The van der Waals surface area contributed by atoms with Crippen molar-refractivity contribution in [3.05, 3.63) is 138 Å². The largest absolute Gasteiger partial charge is 0.497 e. The Morgan fingerprint density at radius 3 is 1.19 bits per heavy atom. The van der Waals surface area contributed by atoms with Gasteiger partial charge < -0.3 is 25.4 Å². The first-order valence-corrected chi connectivity index (χ1v) is 26.0. The van der Waals surface area contributed by atoms with Crippen molar-refractivity contribution in [2.75, 3.05) is 41.0 Å². The Kier molecular flexibility index (Phi) is 13.7. The maximum atomic E-state index is 13.7. The summed E-state index contributed by atoms with van der Waals surface area (Å²) in [5.74, 6) is -2.16. The van der Waals surface area contributed by atoms with E-state index in [9.17, 15) is 61.5 Å². The number of ketones is 2. The fourth-order valence-corrected chi connectivity index (χ4v) is 9.74. The molecule has 0 bridgehead atoms. The fraction of sp³-hybridized carbons (Fsp3) is 0.0465. The van der Waals surface area contributed by atoms with Crippen LogP contribution in [-0.2, 0) is 40.5 Å². The lowest BCUT2D eigenvalue weighted by atomic mass is 9.94. The number of carbonyl (C=O) groups is 2. The molecule has 0 radical (unpaired) electrons. The second kappa shape index (κ2) is 19.6. The van der Waals surface area contributed by atoms with E-state index in [1.807, 2.05) is 0 Å². The third-order valence-electron chi connectivity index (χ3n) is 10.3. The molecular formula is C43H34N10O16S4. The second-order valence-electron chi connectivity index (χ2n) is 15.1. The molecule has 0 fully saturated rings. The zero-order chi connectivity index (χ0) is 52.6. The van der Waals surface area contributed by atoms with Crippen LogP contribution in [0.15, 0.2) is 135 Å². The molecule has 9 N–H and O–H groups in total. The van der Waals surface area contributed by atoms with Crippen molar-refractivity contribution >= 4 is 120 Å². The van der Waals surface area contributed by atoms with Gasteiger partial charge in [-0.05, 0) is 84.9 Å². The van der Waals surface area contributed by atoms with Crippen molar-refractivity contribution in [2.45, 2.75) is 9.79 Å². The Hall–Kier alpha value is -8.49. The first-order chi connectivity index (χ1) is 34.4. The smallest absolute Gasteiger partial charge is 0.296 e. The number of fused-ring (bicyclic) bond motifs is 2. The number of carbonyl (C=O) groups excluding carboxylic acids is 2. The molecule has 0 unspecified atom stereocenters. The Morgan fingerprint density at radius 1 is 0.452 bits per heavy atom. The van der Waals surface area contributed by atoms with Crippen LogP contribution >= 0.6 is 0 Å². The molecule has 376 valence electrons. The zero-order valence-corrected chi connectivity index (χ0v) is 40.3. The molecular weight excluding hydrogens is 1040 g/mol. The average molecular weight is 1080 g/mol. The minimum absolute atomic E-state index is 0.0518. The summed E-state index contributed by atoms with van der Waals surface area (Å²) in [5, 5.41) is 16.5. The first kappa shape index (κ1) is 50.9. The van der Waals surface area contributed by atoms with Crippen molar-refractivity contribution in [1.29, 1.82) is 0 Å². The first-order valence-electron chi connectivity index (χ1n) is 20.3. The van der Waals surface area contributed by atoms with Gasteiger partial charge in [-0.3, -0.25) is 38.7 Å². The van der Waals surface area contributed by atoms with Gasteiger partial charge in [-0.1, -0.05) is 18.2 Å². The van der Waals surface area contributed by atoms with E-state index in [0.717, 1.165) is 24.3 Å². The van der Waals surface area contributed by atoms with Crippen LogP contribution in [0.1, 0.15) is 31.8 Å².